The number of phenols is 1. The molecule has 0 spiro atoms. The van der Waals surface area contributed by atoms with Crippen LogP contribution in [0.15, 0.2) is 88.6 Å². The van der Waals surface area contributed by atoms with E-state index in [9.17, 15) is 73.8 Å². The van der Waals surface area contributed by atoms with Crippen molar-refractivity contribution in [3.8, 4) is 17.2 Å². The van der Waals surface area contributed by atoms with Crippen LogP contribution in [0.2, 0.25) is 0 Å². The molecule has 26 nitrogen and oxygen atoms in total. The number of aromatic hydroxyl groups is 1. The van der Waals surface area contributed by atoms with Crippen molar-refractivity contribution in [2.24, 2.45) is 20.5 Å². The van der Waals surface area contributed by atoms with Gasteiger partial charge in [-0.3, -0.25) is 8.37 Å². The zero-order chi connectivity index (χ0) is 45.2. The molecule has 0 aliphatic carbocycles. The molecule has 0 aromatic heterocycles. The summed E-state index contributed by atoms with van der Waals surface area (Å²) in [6.07, 6.45) is 0. The van der Waals surface area contributed by atoms with E-state index in [1.165, 1.54) is 0 Å². The Bertz CT molecular complexity index is 3120. The van der Waals surface area contributed by atoms with E-state index in [1.54, 1.807) is 0 Å². The number of nitrogen functional groups attached to an aromatic ring is 1. The van der Waals surface area contributed by atoms with Gasteiger partial charge in [0.15, 0.2) is 25.4 Å². The molecule has 0 amide bonds. The molecule has 0 aliphatic rings. The molecule has 4 aromatic carbocycles. The number of methoxy groups -OCH3 is 2. The molecular weight excluding hydrogens is 1030 g/mol. The molecule has 0 radical (unpaired) electrons. The number of azo groups is 2. The molecule has 0 bridgehead atoms. The average molecular weight is 1050 g/mol. The number of fused-ring (bicyclic) bond motifs is 1. The second kappa shape index (κ2) is 24.5. The van der Waals surface area contributed by atoms with E-state index >= 15 is 0 Å². The van der Waals surface area contributed by atoms with Gasteiger partial charge in [-0.15, -0.1) is 15.3 Å². The minimum absolute atomic E-state index is 0. The van der Waals surface area contributed by atoms with Crippen LogP contribution in [0.25, 0.3) is 10.8 Å². The molecule has 4 aromatic rings. The number of ether oxygens (including phenoxy) is 2. The average Bonchev–Trinajstić information content (AvgIpc) is 3.11. The molecule has 0 atom stereocenters. The maximum Gasteiger partial charge on any atom is 1.00 e. The molecule has 0 aliphatic heterocycles. The van der Waals surface area contributed by atoms with E-state index in [4.69, 9.17) is 15.2 Å². The van der Waals surface area contributed by atoms with E-state index in [0.717, 1.165) is 50.6 Å². The van der Waals surface area contributed by atoms with Crippen molar-refractivity contribution < 1.29 is 210 Å². The molecule has 0 fully saturated rings. The van der Waals surface area contributed by atoms with Crippen LogP contribution in [0.4, 0.5) is 28.4 Å². The van der Waals surface area contributed by atoms with Crippen LogP contribution in [0.3, 0.4) is 0 Å². The quantitative estimate of drug-likeness (QED) is 0.0307. The molecule has 36 heteroatoms. The molecule has 4 rings (SSSR count). The van der Waals surface area contributed by atoms with Crippen molar-refractivity contribution in [2.45, 2.75) is 19.6 Å². The molecule has 0 saturated carbocycles. The molecule has 3 N–H and O–H groups in total. The van der Waals surface area contributed by atoms with Gasteiger partial charge in [0.25, 0.3) is 0 Å². The van der Waals surface area contributed by atoms with E-state index in [1.807, 2.05) is 0 Å². The van der Waals surface area contributed by atoms with Crippen LogP contribution < -0.4 is 133 Å². The Hall–Kier alpha value is -1.00. The number of nitrogens with two attached hydrogens (primary N) is 1. The summed E-state index contributed by atoms with van der Waals surface area (Å²) in [5.41, 5.74) is 2.56. The second-order valence-electron chi connectivity index (χ2n) is 11.4. The van der Waals surface area contributed by atoms with E-state index in [2.05, 4.69) is 28.8 Å². The third-order valence-electron chi connectivity index (χ3n) is 7.53. The summed E-state index contributed by atoms with van der Waals surface area (Å²) >= 11 is 0. The van der Waals surface area contributed by atoms with Gasteiger partial charge in [0.1, 0.15) is 53.7 Å². The first-order valence-electron chi connectivity index (χ1n) is 15.4. The van der Waals surface area contributed by atoms with Gasteiger partial charge in [-0.05, 0) is 41.8 Å². The van der Waals surface area contributed by atoms with Crippen molar-refractivity contribution in [3.63, 3.8) is 0 Å². The normalized spacial score (nSPS) is 12.5. The fraction of sp³-hybridized carbons (Fsp3) is 0.214. The molecule has 0 saturated heterocycles. The number of hydrogen-bond acceptors (Lipinski definition) is 26. The molecule has 328 valence electrons. The Kier molecular flexibility index (Phi) is 24.1. The van der Waals surface area contributed by atoms with E-state index in [0.29, 0.717) is 12.1 Å². The minimum Gasteiger partial charge on any atom is -0.744 e. The Morgan fingerprint density at radius 1 is 0.578 bits per heavy atom. The van der Waals surface area contributed by atoms with Crippen LogP contribution in [-0.2, 0) is 69.1 Å². The van der Waals surface area contributed by atoms with Crippen LogP contribution in [-0.4, -0.2) is 113 Å². The van der Waals surface area contributed by atoms with E-state index < -0.39 is 156 Å². The fourth-order valence-electron chi connectivity index (χ4n) is 4.92. The SMILES string of the molecule is COc1cc(S(=O)(=O)CCOS(=O)(=O)[O-])c(OC)cc1N=Nc1c(S(=O)(=O)[O-])cc2cc(S(=O)(=O)[O-])c(N=Nc3ccc(S(=O)(=O)CCOS(=O)(=O)[O-])cc3)c(N)c2c1O.[Na+].[Na+].[Na+].[Na+]. The van der Waals surface area contributed by atoms with Crippen molar-refractivity contribution >= 4 is 99.9 Å². The first-order valence-corrected chi connectivity index (χ1v) is 24.2. The zero-order valence-corrected chi connectivity index (χ0v) is 46.8. The number of rotatable bonds is 18. The van der Waals surface area contributed by atoms with Crippen LogP contribution in [0.1, 0.15) is 0 Å². The van der Waals surface area contributed by atoms with Crippen molar-refractivity contribution in [1.82, 2.24) is 0 Å². The van der Waals surface area contributed by atoms with Gasteiger partial charge >= 0.3 is 118 Å². The van der Waals surface area contributed by atoms with Gasteiger partial charge in [0.2, 0.25) is 20.8 Å². The predicted molar refractivity (Wildman–Crippen MR) is 196 cm³/mol. The molecular formula is C28H25N5Na4O21S6. The fourth-order valence-corrected chi connectivity index (χ4v) is 9.36. The Morgan fingerprint density at radius 3 is 1.48 bits per heavy atom. The standard InChI is InChI=1S/C28H29N5O21S6.4Na/c1-51-19-14-21(56(37,38)10-8-54-60(48,49)50)20(52-2)13-18(19)31-33-27-23(58(42,43)44)12-15-11-22(57(39,40)41)26(25(29)24(15)28(27)34)32-30-16-3-5-17(6-4-16)55(35,36)9-7-53-59(45,46)47;;;;/h3-6,11-14,34H,7-10,29H2,1-2H3,(H,39,40,41)(H,42,43,44)(H,45,46,47)(H,48,49,50);;;;/q;4*+1/p-4. The number of sulfone groups is 2. The number of anilines is 1. The Labute approximate surface area is 454 Å². The number of benzene rings is 4. The maximum atomic E-state index is 12.9. The summed E-state index contributed by atoms with van der Waals surface area (Å²) in [4.78, 5) is -3.62. The van der Waals surface area contributed by atoms with Gasteiger partial charge in [-0.1, -0.05) is 0 Å². The summed E-state index contributed by atoms with van der Waals surface area (Å²) in [6, 6.07) is 6.63. The summed E-state index contributed by atoms with van der Waals surface area (Å²) < 4.78 is 207. The summed E-state index contributed by atoms with van der Waals surface area (Å²) in [7, 11) is -28.3. The zero-order valence-electron chi connectivity index (χ0n) is 33.9. The van der Waals surface area contributed by atoms with Crippen molar-refractivity contribution in [3.05, 3.63) is 48.5 Å². The Morgan fingerprint density at radius 2 is 1.03 bits per heavy atom. The van der Waals surface area contributed by atoms with Gasteiger partial charge in [0.05, 0.1) is 70.4 Å². The molecule has 64 heavy (non-hydrogen) atoms. The Balaban J connectivity index is 0.00000992. The maximum absolute atomic E-state index is 12.9. The van der Waals surface area contributed by atoms with E-state index in [-0.39, 0.29) is 124 Å². The molecule has 0 heterocycles. The number of hydrogen-bond donors (Lipinski definition) is 2. The minimum atomic E-state index is -5.65. The largest absolute Gasteiger partial charge is 1.00 e. The number of nitrogens with zero attached hydrogens (tertiary/aromatic N) is 4. The monoisotopic (exact) mass is 1050 g/mol. The second-order valence-corrected chi connectivity index (χ2v) is 20.4. The van der Waals surface area contributed by atoms with Crippen LogP contribution >= 0.6 is 0 Å². The van der Waals surface area contributed by atoms with Gasteiger partial charge in [0, 0.05) is 12.1 Å². The topological polar surface area (TPSA) is 430 Å². The third-order valence-corrected chi connectivity index (χ3v) is 13.5. The van der Waals surface area contributed by atoms with Gasteiger partial charge < -0.3 is 38.5 Å². The first kappa shape index (κ1) is 63.0. The van der Waals surface area contributed by atoms with Crippen molar-refractivity contribution in [2.75, 3.05) is 44.7 Å². The summed E-state index contributed by atoms with van der Waals surface area (Å²) in [5.74, 6) is -4.14. The van der Waals surface area contributed by atoms with Gasteiger partial charge in [-0.2, -0.15) is 5.11 Å². The number of phenolic OH excluding ortho intramolecular Hbond substituents is 1. The van der Waals surface area contributed by atoms with Crippen molar-refractivity contribution in [1.29, 1.82) is 0 Å². The summed E-state index contributed by atoms with van der Waals surface area (Å²) in [6.45, 7) is -2.08. The van der Waals surface area contributed by atoms with Gasteiger partial charge in [-0.25, -0.2) is 50.5 Å². The summed E-state index contributed by atoms with van der Waals surface area (Å²) in [5, 5.41) is 24.8. The third kappa shape index (κ3) is 16.6. The smallest absolute Gasteiger partial charge is 0.744 e. The van der Waals surface area contributed by atoms with Crippen LogP contribution in [0, 0.1) is 0 Å². The molecule has 0 unspecified atom stereocenters. The first-order chi connectivity index (χ1) is 27.5. The predicted octanol–water partition coefficient (Wildman–Crippen LogP) is -10.7. The van der Waals surface area contributed by atoms with Crippen LogP contribution in [0.5, 0.6) is 17.2 Å².